The molecule has 1 heterocycles. The molecule has 2 rings (SSSR count). The van der Waals surface area contributed by atoms with E-state index in [9.17, 15) is 0 Å². The Morgan fingerprint density at radius 1 is 1.20 bits per heavy atom. The van der Waals surface area contributed by atoms with Gasteiger partial charge in [-0.1, -0.05) is 0 Å². The number of methoxy groups -OCH3 is 1. The third-order valence-electron chi connectivity index (χ3n) is 1.74. The Labute approximate surface area is 135 Å². The van der Waals surface area contributed by atoms with Gasteiger partial charge in [-0.25, -0.2) is 0 Å². The SMILES string of the molecule is COc1ccc(-c2nnc([S-])o2)cc1.[K+]. The van der Waals surface area contributed by atoms with Crippen molar-refractivity contribution in [3.05, 3.63) is 24.3 Å². The van der Waals surface area contributed by atoms with E-state index in [4.69, 9.17) is 21.8 Å². The van der Waals surface area contributed by atoms with Crippen molar-refractivity contribution in [2.24, 2.45) is 0 Å². The van der Waals surface area contributed by atoms with Crippen LogP contribution in [-0.2, 0) is 12.6 Å². The summed E-state index contributed by atoms with van der Waals surface area (Å²) in [6.07, 6.45) is 0. The minimum atomic E-state index is 0. The molecule has 4 nitrogen and oxygen atoms in total. The second kappa shape index (κ2) is 5.93. The summed E-state index contributed by atoms with van der Waals surface area (Å²) in [5.74, 6) is 1.21. The molecular weight excluding hydrogens is 239 g/mol. The fourth-order valence-electron chi connectivity index (χ4n) is 1.06. The molecule has 1 aromatic heterocycles. The van der Waals surface area contributed by atoms with Gasteiger partial charge in [0.05, 0.1) is 12.3 Å². The van der Waals surface area contributed by atoms with Crippen molar-refractivity contribution < 1.29 is 60.5 Å². The first-order valence-corrected chi connectivity index (χ1v) is 4.35. The minimum Gasteiger partial charge on any atom is -0.719 e. The Bertz CT molecular complexity index is 430. The van der Waals surface area contributed by atoms with Crippen molar-refractivity contribution >= 4 is 12.6 Å². The molecule has 0 spiro atoms. The number of hydrogen-bond acceptors (Lipinski definition) is 5. The van der Waals surface area contributed by atoms with Gasteiger partial charge in [-0.15, -0.1) is 10.2 Å². The molecule has 0 saturated carbocycles. The summed E-state index contributed by atoms with van der Waals surface area (Å²) in [5, 5.41) is 7.53. The van der Waals surface area contributed by atoms with Gasteiger partial charge < -0.3 is 21.8 Å². The van der Waals surface area contributed by atoms with Gasteiger partial charge in [0, 0.05) is 5.56 Å². The zero-order valence-electron chi connectivity index (χ0n) is 8.43. The molecule has 72 valence electrons. The maximum Gasteiger partial charge on any atom is 1.00 e. The normalized spacial score (nSPS) is 9.40. The van der Waals surface area contributed by atoms with Crippen LogP contribution in [0, 0.1) is 0 Å². The summed E-state index contributed by atoms with van der Waals surface area (Å²) < 4.78 is 10.1. The summed E-state index contributed by atoms with van der Waals surface area (Å²) >= 11 is 4.72. The van der Waals surface area contributed by atoms with Gasteiger partial charge in [0.15, 0.2) is 0 Å². The molecule has 2 aromatic rings. The van der Waals surface area contributed by atoms with E-state index in [-0.39, 0.29) is 56.6 Å². The average molecular weight is 246 g/mol. The molecule has 15 heavy (non-hydrogen) atoms. The summed E-state index contributed by atoms with van der Waals surface area (Å²) in [6, 6.07) is 7.31. The molecule has 1 aromatic carbocycles. The van der Waals surface area contributed by atoms with E-state index >= 15 is 0 Å². The molecule has 6 heteroatoms. The Morgan fingerprint density at radius 3 is 2.33 bits per heavy atom. The second-order valence-corrected chi connectivity index (χ2v) is 2.95. The van der Waals surface area contributed by atoms with Gasteiger partial charge in [-0.05, 0) is 24.3 Å². The maximum absolute atomic E-state index is 5.09. The van der Waals surface area contributed by atoms with Crippen molar-refractivity contribution in [1.29, 1.82) is 0 Å². The standard InChI is InChI=1S/C9H8N2O2S.K/c1-12-7-4-2-6(3-5-7)8-10-11-9(14)13-8;/h2-5H,1H3,(H,11,14);/q;+1/p-1. The average Bonchev–Trinajstić information content (AvgIpc) is 2.65. The van der Waals surface area contributed by atoms with Gasteiger partial charge in [0.2, 0.25) is 5.89 Å². The Hall–Kier alpha value is 0.0164. The quantitative estimate of drug-likeness (QED) is 0.485. The number of nitrogens with zero attached hydrogens (tertiary/aromatic N) is 2. The van der Waals surface area contributed by atoms with Gasteiger partial charge >= 0.3 is 51.4 Å². The van der Waals surface area contributed by atoms with Crippen LogP contribution in [-0.4, -0.2) is 17.3 Å². The van der Waals surface area contributed by atoms with Gasteiger partial charge in [-0.2, -0.15) is 0 Å². The molecule has 0 bridgehead atoms. The van der Waals surface area contributed by atoms with E-state index in [1.165, 1.54) is 0 Å². The van der Waals surface area contributed by atoms with Crippen molar-refractivity contribution in [1.82, 2.24) is 10.2 Å². The first-order chi connectivity index (χ1) is 6.79. The number of rotatable bonds is 2. The largest absolute Gasteiger partial charge is 1.00 e. The predicted octanol–water partition coefficient (Wildman–Crippen LogP) is -1.35. The minimum absolute atomic E-state index is 0. The third kappa shape index (κ3) is 3.23. The zero-order chi connectivity index (χ0) is 9.97. The first kappa shape index (κ1) is 13.1. The van der Waals surface area contributed by atoms with Crippen molar-refractivity contribution in [3.8, 4) is 17.2 Å². The number of hydrogen-bond donors (Lipinski definition) is 0. The Balaban J connectivity index is 0.00000112. The molecule has 0 N–H and O–H groups in total. The maximum atomic E-state index is 5.09. The Morgan fingerprint density at radius 2 is 1.87 bits per heavy atom. The smallest absolute Gasteiger partial charge is 0.719 e. The number of benzene rings is 1. The second-order valence-electron chi connectivity index (χ2n) is 2.60. The van der Waals surface area contributed by atoms with Crippen LogP contribution in [0.25, 0.3) is 11.5 Å². The molecular formula is C9H7KN2O2S. The van der Waals surface area contributed by atoms with Crippen LogP contribution in [0.5, 0.6) is 5.75 Å². The van der Waals surface area contributed by atoms with Crippen LogP contribution in [0.15, 0.2) is 33.9 Å². The summed E-state index contributed by atoms with van der Waals surface area (Å²) in [4.78, 5) is 0. The van der Waals surface area contributed by atoms with Crippen molar-refractivity contribution in [2.45, 2.75) is 5.22 Å². The summed E-state index contributed by atoms with van der Waals surface area (Å²) in [6.45, 7) is 0. The van der Waals surface area contributed by atoms with Crippen LogP contribution in [0.3, 0.4) is 0 Å². The number of aromatic nitrogens is 2. The van der Waals surface area contributed by atoms with Crippen molar-refractivity contribution in [3.63, 3.8) is 0 Å². The Kier molecular flexibility index (Phi) is 5.17. The molecule has 0 unspecified atom stereocenters. The molecule has 0 fully saturated rings. The van der Waals surface area contributed by atoms with Crippen LogP contribution in [0.4, 0.5) is 0 Å². The first-order valence-electron chi connectivity index (χ1n) is 3.94. The molecule has 0 aliphatic carbocycles. The van der Waals surface area contributed by atoms with E-state index in [0.29, 0.717) is 5.89 Å². The van der Waals surface area contributed by atoms with Gasteiger partial charge in [0.25, 0.3) is 0 Å². The molecule has 0 atom stereocenters. The van der Waals surface area contributed by atoms with E-state index in [2.05, 4.69) is 10.2 Å². The van der Waals surface area contributed by atoms with Crippen LogP contribution in [0.1, 0.15) is 0 Å². The molecule has 0 radical (unpaired) electrons. The van der Waals surface area contributed by atoms with Crippen molar-refractivity contribution in [2.75, 3.05) is 7.11 Å². The zero-order valence-corrected chi connectivity index (χ0v) is 12.4. The van der Waals surface area contributed by atoms with Crippen LogP contribution < -0.4 is 56.1 Å². The fourth-order valence-corrected chi connectivity index (χ4v) is 1.18. The molecule has 0 amide bonds. The van der Waals surface area contributed by atoms with E-state index in [1.807, 2.05) is 24.3 Å². The summed E-state index contributed by atoms with van der Waals surface area (Å²) in [5.41, 5.74) is 0.828. The van der Waals surface area contributed by atoms with E-state index in [0.717, 1.165) is 11.3 Å². The molecule has 0 aliphatic heterocycles. The van der Waals surface area contributed by atoms with Gasteiger partial charge in [-0.3, -0.25) is 0 Å². The fraction of sp³-hybridized carbons (Fsp3) is 0.111. The van der Waals surface area contributed by atoms with Crippen LogP contribution in [0.2, 0.25) is 0 Å². The van der Waals surface area contributed by atoms with Gasteiger partial charge in [0.1, 0.15) is 5.75 Å². The summed E-state index contributed by atoms with van der Waals surface area (Å²) in [7, 11) is 1.61. The van der Waals surface area contributed by atoms with Crippen LogP contribution >= 0.6 is 0 Å². The monoisotopic (exact) mass is 246 g/mol. The predicted molar refractivity (Wildman–Crippen MR) is 51.9 cm³/mol. The van der Waals surface area contributed by atoms with E-state index < -0.39 is 0 Å². The van der Waals surface area contributed by atoms with E-state index in [1.54, 1.807) is 7.11 Å². The third-order valence-corrected chi connectivity index (χ3v) is 1.91. The number of ether oxygens (including phenoxy) is 1. The molecule has 0 aliphatic rings. The molecule has 0 saturated heterocycles. The topological polar surface area (TPSA) is 48.2 Å².